The van der Waals surface area contributed by atoms with Gasteiger partial charge >= 0.3 is 0 Å². The number of fused-ring (bicyclic) bond motifs is 4. The number of anilines is 2. The molecular formula is C40H31Cl3IN3O7. The number of nitrogens with one attached hydrogen (secondary N) is 1. The van der Waals surface area contributed by atoms with Crippen LogP contribution in [0, 0.1) is 27.2 Å². The van der Waals surface area contributed by atoms with Crippen LogP contribution < -0.4 is 19.8 Å². The van der Waals surface area contributed by atoms with Crippen LogP contribution in [0.25, 0.3) is 0 Å². The fourth-order valence-electron chi connectivity index (χ4n) is 8.98. The smallest absolute Gasteiger partial charge is 0.260 e. The Morgan fingerprint density at radius 3 is 2.22 bits per heavy atom. The molecule has 276 valence electrons. The van der Waals surface area contributed by atoms with E-state index in [9.17, 15) is 19.5 Å². The van der Waals surface area contributed by atoms with Crippen molar-refractivity contribution in [2.24, 2.45) is 23.7 Å². The number of phenolic OH excluding ortho intramolecular Hbond substituents is 1. The molecule has 0 aromatic heterocycles. The van der Waals surface area contributed by atoms with Gasteiger partial charge in [0, 0.05) is 14.5 Å². The third-order valence-corrected chi connectivity index (χ3v) is 12.8. The molecule has 8 rings (SSSR count). The van der Waals surface area contributed by atoms with Gasteiger partial charge in [0.15, 0.2) is 11.5 Å². The van der Waals surface area contributed by atoms with Crippen LogP contribution in [0.1, 0.15) is 29.9 Å². The Kier molecular flexibility index (Phi) is 9.35. The number of hydrogen-bond acceptors (Lipinski definition) is 8. The Labute approximate surface area is 339 Å². The molecule has 0 bridgehead atoms. The lowest BCUT2D eigenvalue weighted by molar-refractivity contribution is -0.138. The molecule has 2 saturated heterocycles. The predicted octanol–water partition coefficient (Wildman–Crippen LogP) is 8.16. The topological polar surface area (TPSA) is 125 Å². The standard InChI is InChI=1S/C40H31Cl3IN3O7/c1-53-24-10-3-20(4-11-24)40-28(37(50)47(39(40)52)45-31-14-5-21(41)17-29(31)42)18-27-25(34(40)19-15-30(43)35(48)32(16-19)54-2)12-13-26-33(27)38(51)46(36(26)49)23-8-6-22(44)7-9-23/h3-12,14-17,26-28,33-34,45,48H,13,18H2,1-2H3/t26-,27+,28-,33-,34-,40+/m0/s1. The zero-order chi connectivity index (χ0) is 38.2. The van der Waals surface area contributed by atoms with E-state index in [1.165, 1.54) is 25.2 Å². The van der Waals surface area contributed by atoms with Crippen molar-refractivity contribution in [1.29, 1.82) is 0 Å². The number of ether oxygens (including phenoxy) is 2. The van der Waals surface area contributed by atoms with E-state index in [4.69, 9.17) is 44.3 Å². The minimum atomic E-state index is -1.61. The summed E-state index contributed by atoms with van der Waals surface area (Å²) in [5, 5.41) is 12.3. The number of benzene rings is 4. The summed E-state index contributed by atoms with van der Waals surface area (Å²) in [5.74, 6) is -5.54. The summed E-state index contributed by atoms with van der Waals surface area (Å²) < 4.78 is 12.0. The van der Waals surface area contributed by atoms with Crippen LogP contribution >= 0.6 is 57.4 Å². The predicted molar refractivity (Wildman–Crippen MR) is 212 cm³/mol. The summed E-state index contributed by atoms with van der Waals surface area (Å²) in [6.45, 7) is 0. The number of rotatable bonds is 7. The lowest BCUT2D eigenvalue weighted by atomic mass is 9.49. The van der Waals surface area contributed by atoms with Crippen LogP contribution in [-0.4, -0.2) is 48.0 Å². The molecular weight excluding hydrogens is 868 g/mol. The highest BCUT2D eigenvalue weighted by Gasteiger charge is 2.70. The first-order valence-electron chi connectivity index (χ1n) is 17.0. The minimum Gasteiger partial charge on any atom is -0.503 e. The zero-order valence-electron chi connectivity index (χ0n) is 28.7. The molecule has 0 radical (unpaired) electrons. The largest absolute Gasteiger partial charge is 0.503 e. The molecule has 4 aromatic rings. The third-order valence-electron chi connectivity index (χ3n) is 11.3. The van der Waals surface area contributed by atoms with Crippen molar-refractivity contribution in [2.45, 2.75) is 24.2 Å². The lowest BCUT2D eigenvalue weighted by Crippen LogP contribution is -2.53. The summed E-state index contributed by atoms with van der Waals surface area (Å²) in [7, 11) is 2.92. The number of halogens is 4. The maximum absolute atomic E-state index is 15.5. The van der Waals surface area contributed by atoms with E-state index >= 15 is 4.79 Å². The number of hydrazine groups is 1. The molecule has 54 heavy (non-hydrogen) atoms. The number of hydrogen-bond donors (Lipinski definition) is 2. The SMILES string of the molecule is COc1ccc([C@@]23C(=O)N(Nc4ccc(Cl)cc4Cl)C(=O)[C@@H]2C[C@@H]2C(=CC[C@@H]4C(=O)N(c5ccc(I)cc5)C(=O)[C@@H]42)[C@@H]3c2cc(Cl)c(O)c(OC)c2)cc1. The van der Waals surface area contributed by atoms with Crippen LogP contribution in [0.3, 0.4) is 0 Å². The minimum absolute atomic E-state index is 0.0288. The van der Waals surface area contributed by atoms with Gasteiger partial charge in [-0.3, -0.25) is 29.5 Å². The van der Waals surface area contributed by atoms with Gasteiger partial charge in [0.05, 0.1) is 58.8 Å². The average molecular weight is 899 g/mol. The van der Waals surface area contributed by atoms with Crippen molar-refractivity contribution < 1.29 is 33.8 Å². The summed E-state index contributed by atoms with van der Waals surface area (Å²) in [4.78, 5) is 60.3. The molecule has 2 aliphatic heterocycles. The number of nitrogens with zero attached hydrogens (tertiary/aromatic N) is 2. The third kappa shape index (κ3) is 5.49. The molecule has 4 aliphatic rings. The van der Waals surface area contributed by atoms with E-state index in [0.29, 0.717) is 33.2 Å². The van der Waals surface area contributed by atoms with Gasteiger partial charge in [0.2, 0.25) is 11.8 Å². The molecule has 14 heteroatoms. The van der Waals surface area contributed by atoms with Crippen molar-refractivity contribution >= 4 is 92.4 Å². The number of carbonyl (C=O) groups excluding carboxylic acids is 4. The normalized spacial score (nSPS) is 26.0. The highest BCUT2D eigenvalue weighted by molar-refractivity contribution is 14.1. The number of phenols is 1. The molecule has 0 unspecified atom stereocenters. The first-order chi connectivity index (χ1) is 25.9. The maximum atomic E-state index is 15.5. The fourth-order valence-corrected chi connectivity index (χ4v) is 10.0. The Hall–Kier alpha value is -4.30. The first-order valence-corrected chi connectivity index (χ1v) is 19.3. The van der Waals surface area contributed by atoms with Crippen molar-refractivity contribution in [1.82, 2.24) is 5.01 Å². The van der Waals surface area contributed by atoms with E-state index in [1.807, 2.05) is 18.2 Å². The zero-order valence-corrected chi connectivity index (χ0v) is 33.1. The van der Waals surface area contributed by atoms with Gasteiger partial charge in [-0.05, 0) is 119 Å². The molecule has 6 atom stereocenters. The molecule has 2 heterocycles. The lowest BCUT2D eigenvalue weighted by Gasteiger charge is -2.50. The number of methoxy groups -OCH3 is 2. The van der Waals surface area contributed by atoms with Gasteiger partial charge in [-0.25, -0.2) is 0 Å². The average Bonchev–Trinajstić information content (AvgIpc) is 3.54. The summed E-state index contributed by atoms with van der Waals surface area (Å²) in [5.41, 5.74) is 3.82. The molecule has 1 saturated carbocycles. The number of imide groups is 2. The van der Waals surface area contributed by atoms with Crippen LogP contribution in [0.15, 0.2) is 90.5 Å². The van der Waals surface area contributed by atoms with Gasteiger partial charge in [-0.2, -0.15) is 5.01 Å². The molecule has 10 nitrogen and oxygen atoms in total. The van der Waals surface area contributed by atoms with E-state index in [-0.39, 0.29) is 51.9 Å². The molecule has 0 spiro atoms. The second kappa shape index (κ2) is 13.8. The Balaban J connectivity index is 1.35. The van der Waals surface area contributed by atoms with Crippen LogP contribution in [0.4, 0.5) is 11.4 Å². The monoisotopic (exact) mass is 897 g/mol. The van der Waals surface area contributed by atoms with Crippen molar-refractivity contribution in [2.75, 3.05) is 24.5 Å². The van der Waals surface area contributed by atoms with Gasteiger partial charge in [-0.15, -0.1) is 0 Å². The number of carbonyl (C=O) groups is 4. The van der Waals surface area contributed by atoms with Gasteiger partial charge in [-0.1, -0.05) is 58.6 Å². The van der Waals surface area contributed by atoms with Gasteiger partial charge in [0.1, 0.15) is 5.75 Å². The molecule has 4 amide bonds. The second-order valence-corrected chi connectivity index (χ2v) is 16.3. The van der Waals surface area contributed by atoms with Gasteiger partial charge in [0.25, 0.3) is 11.8 Å². The highest BCUT2D eigenvalue weighted by atomic mass is 127. The highest BCUT2D eigenvalue weighted by Crippen LogP contribution is 2.65. The summed E-state index contributed by atoms with van der Waals surface area (Å²) in [6, 6.07) is 22.0. The second-order valence-electron chi connectivity index (χ2n) is 13.8. The van der Waals surface area contributed by atoms with Crippen molar-refractivity contribution in [3.8, 4) is 17.2 Å². The number of aromatic hydroxyl groups is 1. The molecule has 3 fully saturated rings. The van der Waals surface area contributed by atoms with Crippen LogP contribution in [0.5, 0.6) is 17.2 Å². The van der Waals surface area contributed by atoms with Gasteiger partial charge < -0.3 is 14.6 Å². The Morgan fingerprint density at radius 2 is 1.56 bits per heavy atom. The molecule has 2 aliphatic carbocycles. The van der Waals surface area contributed by atoms with Crippen molar-refractivity contribution in [3.63, 3.8) is 0 Å². The first kappa shape index (κ1) is 36.7. The quantitative estimate of drug-likeness (QED) is 0.108. The van der Waals surface area contributed by atoms with E-state index in [1.54, 1.807) is 60.7 Å². The van der Waals surface area contributed by atoms with E-state index in [0.717, 1.165) is 8.58 Å². The van der Waals surface area contributed by atoms with E-state index < -0.39 is 46.8 Å². The number of amides is 4. The Morgan fingerprint density at radius 1 is 0.833 bits per heavy atom. The molecule has 2 N–H and O–H groups in total. The van der Waals surface area contributed by atoms with E-state index in [2.05, 4.69) is 28.0 Å². The summed E-state index contributed by atoms with van der Waals surface area (Å²) in [6.07, 6.45) is 2.25. The van der Waals surface area contributed by atoms with Crippen LogP contribution in [-0.2, 0) is 24.6 Å². The Bertz CT molecular complexity index is 2290. The molecule has 4 aromatic carbocycles. The summed E-state index contributed by atoms with van der Waals surface area (Å²) >= 11 is 21.5. The fraction of sp³-hybridized carbons (Fsp3) is 0.250. The maximum Gasteiger partial charge on any atom is 0.260 e. The van der Waals surface area contributed by atoms with Crippen molar-refractivity contribution in [3.05, 3.63) is 120 Å². The number of allylic oxidation sites excluding steroid dienone is 2. The van der Waals surface area contributed by atoms with Crippen LogP contribution in [0.2, 0.25) is 15.1 Å².